The van der Waals surface area contributed by atoms with Crippen molar-refractivity contribution in [2.45, 2.75) is 64.8 Å². The third kappa shape index (κ3) is 5.28. The van der Waals surface area contributed by atoms with E-state index in [2.05, 4.69) is 46.9 Å². The summed E-state index contributed by atoms with van der Waals surface area (Å²) >= 11 is 0. The molecular formula is C13H28O2Si. The number of aliphatic hydroxyl groups is 1. The maximum Gasteiger partial charge on any atom is 0.192 e. The Balaban J connectivity index is 4.42. The average Bonchev–Trinajstić information content (AvgIpc) is 2.14. The van der Waals surface area contributed by atoms with E-state index < -0.39 is 8.32 Å². The molecule has 3 heteroatoms. The van der Waals surface area contributed by atoms with E-state index in [1.807, 2.05) is 6.08 Å². The molecule has 0 fully saturated rings. The second kappa shape index (κ2) is 6.57. The Morgan fingerprint density at radius 2 is 1.88 bits per heavy atom. The standard InChI is InChI=1S/C13H28O2Si/c1-7-12(10-8-9-11-14)15-16(5,6)13(2,3)4/h8,10,12,14H,7,9,11H2,1-6H3/t12-/m0/s1. The summed E-state index contributed by atoms with van der Waals surface area (Å²) in [6, 6.07) is 0. The van der Waals surface area contributed by atoms with Crippen molar-refractivity contribution in [3.8, 4) is 0 Å². The van der Waals surface area contributed by atoms with Crippen LogP contribution < -0.4 is 0 Å². The van der Waals surface area contributed by atoms with E-state index in [1.54, 1.807) is 0 Å². The van der Waals surface area contributed by atoms with Gasteiger partial charge in [-0.15, -0.1) is 0 Å². The minimum atomic E-state index is -1.66. The van der Waals surface area contributed by atoms with Crippen LogP contribution in [0.15, 0.2) is 12.2 Å². The molecule has 0 saturated heterocycles. The third-order valence-electron chi connectivity index (χ3n) is 3.30. The highest BCUT2D eigenvalue weighted by Gasteiger charge is 2.38. The fraction of sp³-hybridized carbons (Fsp3) is 0.846. The number of rotatable bonds is 6. The minimum Gasteiger partial charge on any atom is -0.411 e. The molecule has 0 bridgehead atoms. The Bertz CT molecular complexity index is 216. The molecule has 0 heterocycles. The summed E-state index contributed by atoms with van der Waals surface area (Å²) in [7, 11) is -1.66. The van der Waals surface area contributed by atoms with Gasteiger partial charge in [-0.1, -0.05) is 39.8 Å². The zero-order chi connectivity index (χ0) is 12.8. The van der Waals surface area contributed by atoms with E-state index in [0.29, 0.717) is 0 Å². The molecule has 1 atom stereocenters. The van der Waals surface area contributed by atoms with E-state index in [9.17, 15) is 0 Å². The molecule has 0 aromatic carbocycles. The van der Waals surface area contributed by atoms with Gasteiger partial charge in [0.15, 0.2) is 8.32 Å². The van der Waals surface area contributed by atoms with Crippen molar-refractivity contribution in [2.75, 3.05) is 6.61 Å². The van der Waals surface area contributed by atoms with Gasteiger partial charge in [0, 0.05) is 6.61 Å². The van der Waals surface area contributed by atoms with Crippen molar-refractivity contribution in [3.05, 3.63) is 12.2 Å². The number of hydrogen-bond acceptors (Lipinski definition) is 2. The monoisotopic (exact) mass is 244 g/mol. The van der Waals surface area contributed by atoms with E-state index in [4.69, 9.17) is 9.53 Å². The van der Waals surface area contributed by atoms with Gasteiger partial charge in [0.1, 0.15) is 0 Å². The highest BCUT2D eigenvalue weighted by Crippen LogP contribution is 2.37. The van der Waals surface area contributed by atoms with E-state index in [0.717, 1.165) is 12.8 Å². The lowest BCUT2D eigenvalue weighted by Crippen LogP contribution is -2.43. The molecule has 2 nitrogen and oxygen atoms in total. The van der Waals surface area contributed by atoms with Crippen LogP contribution in [-0.4, -0.2) is 26.1 Å². The normalized spacial score (nSPS) is 15.7. The van der Waals surface area contributed by atoms with Crippen molar-refractivity contribution in [1.82, 2.24) is 0 Å². The van der Waals surface area contributed by atoms with Crippen LogP contribution in [0.25, 0.3) is 0 Å². The first-order chi connectivity index (χ1) is 7.24. The zero-order valence-corrected chi connectivity index (χ0v) is 12.7. The third-order valence-corrected chi connectivity index (χ3v) is 7.81. The van der Waals surface area contributed by atoms with Gasteiger partial charge in [-0.25, -0.2) is 0 Å². The lowest BCUT2D eigenvalue weighted by atomic mass is 10.2. The molecule has 0 aromatic heterocycles. The highest BCUT2D eigenvalue weighted by atomic mass is 28.4. The maximum absolute atomic E-state index is 8.73. The van der Waals surface area contributed by atoms with Gasteiger partial charge in [-0.05, 0) is 31.0 Å². The molecule has 0 aromatic rings. The predicted molar refractivity (Wildman–Crippen MR) is 73.2 cm³/mol. The summed E-state index contributed by atoms with van der Waals surface area (Å²) < 4.78 is 6.27. The molecule has 0 spiro atoms. The van der Waals surface area contributed by atoms with Crippen molar-refractivity contribution >= 4 is 8.32 Å². The first kappa shape index (κ1) is 15.9. The topological polar surface area (TPSA) is 29.5 Å². The van der Waals surface area contributed by atoms with Crippen LogP contribution in [0.5, 0.6) is 0 Å². The van der Waals surface area contributed by atoms with Crippen LogP contribution in [0.2, 0.25) is 18.1 Å². The van der Waals surface area contributed by atoms with Gasteiger partial charge < -0.3 is 9.53 Å². The molecule has 0 amide bonds. The summed E-state index contributed by atoms with van der Waals surface area (Å²) in [5.41, 5.74) is 0. The predicted octanol–water partition coefficient (Wildman–Crippen LogP) is 3.73. The quantitative estimate of drug-likeness (QED) is 0.570. The summed E-state index contributed by atoms with van der Waals surface area (Å²) in [6.45, 7) is 13.7. The maximum atomic E-state index is 8.73. The van der Waals surface area contributed by atoms with E-state index in [1.165, 1.54) is 0 Å². The summed E-state index contributed by atoms with van der Waals surface area (Å²) in [4.78, 5) is 0. The smallest absolute Gasteiger partial charge is 0.192 e. The van der Waals surface area contributed by atoms with Gasteiger partial charge in [-0.3, -0.25) is 0 Å². The van der Waals surface area contributed by atoms with E-state index >= 15 is 0 Å². The van der Waals surface area contributed by atoms with Crippen molar-refractivity contribution < 1.29 is 9.53 Å². The first-order valence-electron chi connectivity index (χ1n) is 6.20. The number of aliphatic hydroxyl groups excluding tert-OH is 1. The SMILES string of the molecule is CC[C@@H](C=CCCO)O[Si](C)(C)C(C)(C)C. The Kier molecular flexibility index (Phi) is 6.52. The van der Waals surface area contributed by atoms with Crippen molar-refractivity contribution in [2.24, 2.45) is 0 Å². The van der Waals surface area contributed by atoms with Gasteiger partial charge in [0.25, 0.3) is 0 Å². The highest BCUT2D eigenvalue weighted by molar-refractivity contribution is 6.74. The van der Waals surface area contributed by atoms with E-state index in [-0.39, 0.29) is 17.7 Å². The van der Waals surface area contributed by atoms with Crippen LogP contribution in [0.1, 0.15) is 40.5 Å². The molecule has 96 valence electrons. The van der Waals surface area contributed by atoms with Gasteiger partial charge in [0.2, 0.25) is 0 Å². The first-order valence-corrected chi connectivity index (χ1v) is 9.10. The fourth-order valence-corrected chi connectivity index (χ4v) is 2.49. The molecule has 0 aliphatic heterocycles. The fourth-order valence-electron chi connectivity index (χ4n) is 1.14. The number of hydrogen-bond donors (Lipinski definition) is 1. The summed E-state index contributed by atoms with van der Waals surface area (Å²) in [6.07, 6.45) is 6.02. The van der Waals surface area contributed by atoms with Crippen molar-refractivity contribution in [3.63, 3.8) is 0 Å². The molecule has 1 N–H and O–H groups in total. The molecule has 0 unspecified atom stereocenters. The van der Waals surface area contributed by atoms with Gasteiger partial charge in [0.05, 0.1) is 6.10 Å². The van der Waals surface area contributed by atoms with Crippen LogP contribution in [0, 0.1) is 0 Å². The molecule has 0 aliphatic rings. The Labute approximate surface area is 102 Å². The molecule has 0 radical (unpaired) electrons. The Hall–Kier alpha value is -0.123. The molecule has 0 aliphatic carbocycles. The molecule has 16 heavy (non-hydrogen) atoms. The summed E-state index contributed by atoms with van der Waals surface area (Å²) in [5.74, 6) is 0. The van der Waals surface area contributed by atoms with Crippen LogP contribution in [-0.2, 0) is 4.43 Å². The zero-order valence-electron chi connectivity index (χ0n) is 11.7. The van der Waals surface area contributed by atoms with Gasteiger partial charge in [-0.2, -0.15) is 0 Å². The van der Waals surface area contributed by atoms with Crippen LogP contribution in [0.3, 0.4) is 0 Å². The lowest BCUT2D eigenvalue weighted by Gasteiger charge is -2.38. The lowest BCUT2D eigenvalue weighted by molar-refractivity contribution is 0.220. The average molecular weight is 244 g/mol. The second-order valence-electron chi connectivity index (χ2n) is 5.77. The second-order valence-corrected chi connectivity index (χ2v) is 10.5. The summed E-state index contributed by atoms with van der Waals surface area (Å²) in [5, 5.41) is 8.99. The molecular weight excluding hydrogens is 216 g/mol. The molecule has 0 rings (SSSR count). The Morgan fingerprint density at radius 1 is 1.31 bits per heavy atom. The molecule has 0 saturated carbocycles. The Morgan fingerprint density at radius 3 is 2.25 bits per heavy atom. The van der Waals surface area contributed by atoms with Crippen molar-refractivity contribution in [1.29, 1.82) is 0 Å². The minimum absolute atomic E-state index is 0.201. The van der Waals surface area contributed by atoms with Crippen LogP contribution in [0.4, 0.5) is 0 Å². The van der Waals surface area contributed by atoms with Crippen LogP contribution >= 0.6 is 0 Å². The largest absolute Gasteiger partial charge is 0.411 e. The van der Waals surface area contributed by atoms with Gasteiger partial charge >= 0.3 is 0 Å².